The van der Waals surface area contributed by atoms with E-state index in [0.29, 0.717) is 18.6 Å². The van der Waals surface area contributed by atoms with Crippen molar-refractivity contribution in [2.24, 2.45) is 5.73 Å². The van der Waals surface area contributed by atoms with Crippen LogP contribution in [0.2, 0.25) is 0 Å². The maximum absolute atomic E-state index is 5.64. The molecule has 86 valence electrons. The molecule has 4 nitrogen and oxygen atoms in total. The molecular weight excluding hydrogens is 188 g/mol. The van der Waals surface area contributed by atoms with Crippen molar-refractivity contribution in [1.29, 1.82) is 0 Å². The summed E-state index contributed by atoms with van der Waals surface area (Å²) in [5.41, 5.74) is 6.88. The van der Waals surface area contributed by atoms with E-state index in [2.05, 4.69) is 48.6 Å². The Balaban J connectivity index is 2.67. The number of hydrogen-bond acceptors (Lipinski definition) is 3. The molecule has 0 saturated carbocycles. The summed E-state index contributed by atoms with van der Waals surface area (Å²) >= 11 is 0. The highest BCUT2D eigenvalue weighted by Gasteiger charge is 2.11. The average Bonchev–Trinajstić information content (AvgIpc) is 2.64. The number of nitrogens with zero attached hydrogens (tertiary/aromatic N) is 3. The molecule has 0 saturated heterocycles. The second-order valence-corrected chi connectivity index (χ2v) is 4.36. The van der Waals surface area contributed by atoms with Crippen molar-refractivity contribution in [3.05, 3.63) is 18.0 Å². The fourth-order valence-electron chi connectivity index (χ4n) is 1.52. The standard InChI is InChI=1S/C11H22N4/c1-9(2)15-11(5-6-13-15)8-14(4)10(3)7-12/h5-6,9-10H,7-8,12H2,1-4H3. The van der Waals surface area contributed by atoms with E-state index in [-0.39, 0.29) is 0 Å². The molecule has 0 fully saturated rings. The van der Waals surface area contributed by atoms with E-state index in [1.807, 2.05) is 6.20 Å². The lowest BCUT2D eigenvalue weighted by atomic mass is 10.2. The third-order valence-corrected chi connectivity index (χ3v) is 2.75. The molecular formula is C11H22N4. The van der Waals surface area contributed by atoms with E-state index in [4.69, 9.17) is 5.73 Å². The molecule has 0 spiro atoms. The second-order valence-electron chi connectivity index (χ2n) is 4.36. The SMILES string of the molecule is CC(CN)N(C)Cc1ccnn1C(C)C. The van der Waals surface area contributed by atoms with E-state index in [0.717, 1.165) is 6.54 Å². The molecule has 0 amide bonds. The maximum Gasteiger partial charge on any atom is 0.0527 e. The van der Waals surface area contributed by atoms with Crippen LogP contribution in [0.1, 0.15) is 32.5 Å². The first-order chi connectivity index (χ1) is 7.06. The fourth-order valence-corrected chi connectivity index (χ4v) is 1.52. The Morgan fingerprint density at radius 2 is 2.13 bits per heavy atom. The van der Waals surface area contributed by atoms with Gasteiger partial charge in [-0.1, -0.05) is 0 Å². The van der Waals surface area contributed by atoms with Gasteiger partial charge in [-0.05, 0) is 33.9 Å². The van der Waals surface area contributed by atoms with Gasteiger partial charge in [0.15, 0.2) is 0 Å². The Kier molecular flexibility index (Phi) is 4.29. The summed E-state index contributed by atoms with van der Waals surface area (Å²) < 4.78 is 2.06. The fraction of sp³-hybridized carbons (Fsp3) is 0.727. The summed E-state index contributed by atoms with van der Waals surface area (Å²) in [6, 6.07) is 2.89. The zero-order chi connectivity index (χ0) is 11.4. The number of aromatic nitrogens is 2. The number of nitrogens with two attached hydrogens (primary N) is 1. The molecule has 1 aromatic rings. The Bertz CT molecular complexity index is 293. The van der Waals surface area contributed by atoms with E-state index in [1.165, 1.54) is 5.69 Å². The molecule has 1 atom stereocenters. The third-order valence-electron chi connectivity index (χ3n) is 2.75. The van der Waals surface area contributed by atoms with Crippen LogP contribution in [-0.4, -0.2) is 34.3 Å². The largest absolute Gasteiger partial charge is 0.329 e. The van der Waals surface area contributed by atoms with Gasteiger partial charge in [-0.3, -0.25) is 9.58 Å². The Labute approximate surface area is 92.1 Å². The van der Waals surface area contributed by atoms with Crippen molar-refractivity contribution in [3.8, 4) is 0 Å². The third kappa shape index (κ3) is 3.04. The number of hydrogen-bond donors (Lipinski definition) is 1. The first-order valence-corrected chi connectivity index (χ1v) is 5.49. The van der Waals surface area contributed by atoms with Gasteiger partial charge in [-0.25, -0.2) is 0 Å². The predicted molar refractivity (Wildman–Crippen MR) is 62.6 cm³/mol. The summed E-state index contributed by atoms with van der Waals surface area (Å²) in [6.07, 6.45) is 1.86. The highest BCUT2D eigenvalue weighted by atomic mass is 15.3. The average molecular weight is 210 g/mol. The van der Waals surface area contributed by atoms with Crippen molar-refractivity contribution in [2.45, 2.75) is 39.4 Å². The van der Waals surface area contributed by atoms with Crippen LogP contribution < -0.4 is 5.73 Å². The molecule has 4 heteroatoms. The highest BCUT2D eigenvalue weighted by molar-refractivity contribution is 5.01. The molecule has 1 rings (SSSR count). The molecule has 0 aliphatic rings. The Morgan fingerprint density at radius 3 is 2.67 bits per heavy atom. The van der Waals surface area contributed by atoms with Gasteiger partial charge in [0.05, 0.1) is 5.69 Å². The molecule has 0 aromatic carbocycles. The van der Waals surface area contributed by atoms with E-state index in [9.17, 15) is 0 Å². The van der Waals surface area contributed by atoms with Crippen LogP contribution in [0.4, 0.5) is 0 Å². The van der Waals surface area contributed by atoms with Crippen molar-refractivity contribution >= 4 is 0 Å². The second kappa shape index (κ2) is 5.28. The Morgan fingerprint density at radius 1 is 1.47 bits per heavy atom. The Hall–Kier alpha value is -0.870. The minimum absolute atomic E-state index is 0.403. The van der Waals surface area contributed by atoms with Gasteiger partial charge in [0, 0.05) is 31.4 Å². The molecule has 2 N–H and O–H groups in total. The first kappa shape index (κ1) is 12.2. The van der Waals surface area contributed by atoms with Crippen LogP contribution in [-0.2, 0) is 6.54 Å². The van der Waals surface area contributed by atoms with Gasteiger partial charge < -0.3 is 5.73 Å². The molecule has 1 unspecified atom stereocenters. The quantitative estimate of drug-likeness (QED) is 0.795. The van der Waals surface area contributed by atoms with Crippen LogP contribution in [0, 0.1) is 0 Å². The van der Waals surface area contributed by atoms with Crippen molar-refractivity contribution in [2.75, 3.05) is 13.6 Å². The summed E-state index contributed by atoms with van der Waals surface area (Å²) in [7, 11) is 2.09. The summed E-state index contributed by atoms with van der Waals surface area (Å²) in [5, 5.41) is 4.31. The van der Waals surface area contributed by atoms with Gasteiger partial charge in [0.1, 0.15) is 0 Å². The molecule has 0 bridgehead atoms. The van der Waals surface area contributed by atoms with Crippen LogP contribution >= 0.6 is 0 Å². The van der Waals surface area contributed by atoms with Gasteiger partial charge in [0.2, 0.25) is 0 Å². The number of rotatable bonds is 5. The lowest BCUT2D eigenvalue weighted by Crippen LogP contribution is -2.35. The van der Waals surface area contributed by atoms with Crippen molar-refractivity contribution in [3.63, 3.8) is 0 Å². The van der Waals surface area contributed by atoms with Crippen LogP contribution in [0.15, 0.2) is 12.3 Å². The van der Waals surface area contributed by atoms with Crippen molar-refractivity contribution in [1.82, 2.24) is 14.7 Å². The van der Waals surface area contributed by atoms with Crippen LogP contribution in [0.3, 0.4) is 0 Å². The van der Waals surface area contributed by atoms with Gasteiger partial charge in [-0.2, -0.15) is 5.10 Å². The van der Waals surface area contributed by atoms with E-state index < -0.39 is 0 Å². The van der Waals surface area contributed by atoms with Gasteiger partial charge in [-0.15, -0.1) is 0 Å². The van der Waals surface area contributed by atoms with E-state index >= 15 is 0 Å². The number of likely N-dealkylation sites (N-methyl/N-ethyl adjacent to an activating group) is 1. The zero-order valence-electron chi connectivity index (χ0n) is 10.1. The molecule has 0 aliphatic carbocycles. The van der Waals surface area contributed by atoms with Crippen LogP contribution in [0.5, 0.6) is 0 Å². The van der Waals surface area contributed by atoms with Gasteiger partial charge >= 0.3 is 0 Å². The smallest absolute Gasteiger partial charge is 0.0527 e. The minimum atomic E-state index is 0.403. The molecule has 1 heterocycles. The monoisotopic (exact) mass is 210 g/mol. The summed E-state index contributed by atoms with van der Waals surface area (Å²) in [6.45, 7) is 8.00. The highest BCUT2D eigenvalue weighted by Crippen LogP contribution is 2.10. The molecule has 1 aromatic heterocycles. The summed E-state index contributed by atoms with van der Waals surface area (Å²) in [5.74, 6) is 0. The summed E-state index contributed by atoms with van der Waals surface area (Å²) in [4.78, 5) is 2.25. The predicted octanol–water partition coefficient (Wildman–Crippen LogP) is 1.24. The maximum atomic E-state index is 5.64. The van der Waals surface area contributed by atoms with E-state index in [1.54, 1.807) is 0 Å². The zero-order valence-corrected chi connectivity index (χ0v) is 10.1. The minimum Gasteiger partial charge on any atom is -0.329 e. The molecule has 0 radical (unpaired) electrons. The van der Waals surface area contributed by atoms with Gasteiger partial charge in [0.25, 0.3) is 0 Å². The van der Waals surface area contributed by atoms with Crippen molar-refractivity contribution < 1.29 is 0 Å². The molecule has 0 aliphatic heterocycles. The topological polar surface area (TPSA) is 47.1 Å². The van der Waals surface area contributed by atoms with Crippen LogP contribution in [0.25, 0.3) is 0 Å². The lowest BCUT2D eigenvalue weighted by molar-refractivity contribution is 0.245. The normalized spacial score (nSPS) is 13.8. The lowest BCUT2D eigenvalue weighted by Gasteiger charge is -2.24. The first-order valence-electron chi connectivity index (χ1n) is 5.49. The molecule has 15 heavy (non-hydrogen) atoms.